The molecule has 1 aromatic carbocycles. The van der Waals surface area contributed by atoms with Gasteiger partial charge in [-0.3, -0.25) is 4.79 Å². The van der Waals surface area contributed by atoms with E-state index in [0.29, 0.717) is 5.56 Å². The maximum atomic E-state index is 12.1. The summed E-state index contributed by atoms with van der Waals surface area (Å²) in [7, 11) is 0. The Labute approximate surface area is 98.5 Å². The van der Waals surface area contributed by atoms with E-state index in [2.05, 4.69) is 20.7 Å². The summed E-state index contributed by atoms with van der Waals surface area (Å²) in [6.07, 6.45) is -4.78. The summed E-state index contributed by atoms with van der Waals surface area (Å²) in [5, 5.41) is 0. The van der Waals surface area contributed by atoms with Gasteiger partial charge in [0.15, 0.2) is 5.78 Å². The minimum absolute atomic E-state index is 0.0253. The monoisotopic (exact) mass is 296 g/mol. The van der Waals surface area contributed by atoms with E-state index in [1.54, 1.807) is 0 Å². The average molecular weight is 297 g/mol. The lowest BCUT2D eigenvalue weighted by atomic mass is 10.1. The zero-order valence-corrected chi connectivity index (χ0v) is 10.1. The van der Waals surface area contributed by atoms with Crippen LogP contribution < -0.4 is 4.74 Å². The number of alkyl halides is 3. The largest absolute Gasteiger partial charge is 0.573 e. The third-order valence-corrected chi connectivity index (χ3v) is 2.68. The molecule has 0 unspecified atom stereocenters. The third kappa shape index (κ3) is 2.98. The molecule has 16 heavy (non-hydrogen) atoms. The molecule has 0 radical (unpaired) electrons. The van der Waals surface area contributed by atoms with Crippen molar-refractivity contribution < 1.29 is 22.7 Å². The highest BCUT2D eigenvalue weighted by atomic mass is 79.9. The number of carbonyl (C=O) groups is 1. The van der Waals surface area contributed by atoms with Crippen molar-refractivity contribution in [2.24, 2.45) is 0 Å². The van der Waals surface area contributed by atoms with E-state index in [9.17, 15) is 18.0 Å². The summed E-state index contributed by atoms with van der Waals surface area (Å²) in [6, 6.07) is 2.85. The van der Waals surface area contributed by atoms with Crippen molar-refractivity contribution in [1.29, 1.82) is 0 Å². The van der Waals surface area contributed by atoms with Crippen LogP contribution >= 0.6 is 15.9 Å². The van der Waals surface area contributed by atoms with Gasteiger partial charge in [-0.05, 0) is 41.4 Å². The van der Waals surface area contributed by atoms with Gasteiger partial charge in [-0.2, -0.15) is 0 Å². The average Bonchev–Trinajstić information content (AvgIpc) is 2.10. The van der Waals surface area contributed by atoms with Crippen LogP contribution in [0.15, 0.2) is 16.6 Å². The van der Waals surface area contributed by atoms with Crippen LogP contribution in [0.5, 0.6) is 5.75 Å². The fourth-order valence-electron chi connectivity index (χ4n) is 1.17. The van der Waals surface area contributed by atoms with Crippen LogP contribution in [0.25, 0.3) is 0 Å². The second-order valence-corrected chi connectivity index (χ2v) is 3.97. The molecule has 0 saturated carbocycles. The molecule has 0 saturated heterocycles. The lowest BCUT2D eigenvalue weighted by Gasteiger charge is -2.14. The van der Waals surface area contributed by atoms with Crippen molar-refractivity contribution in [3.8, 4) is 5.75 Å². The highest BCUT2D eigenvalue weighted by molar-refractivity contribution is 9.10. The molecule has 1 rings (SSSR count). The van der Waals surface area contributed by atoms with Crippen LogP contribution in [0.4, 0.5) is 13.2 Å². The Balaban J connectivity index is 3.27. The molecule has 2 nitrogen and oxygen atoms in total. The van der Waals surface area contributed by atoms with Crippen molar-refractivity contribution in [3.05, 3.63) is 27.7 Å². The van der Waals surface area contributed by atoms with Gasteiger partial charge in [-0.15, -0.1) is 13.2 Å². The first-order valence-electron chi connectivity index (χ1n) is 4.28. The standard InChI is InChI=1S/C10H8BrF3O2/c1-5-3-4-7(6(2)15)8(11)9(5)16-10(12,13)14/h3-4H,1-2H3. The molecule has 0 aliphatic heterocycles. The highest BCUT2D eigenvalue weighted by Gasteiger charge is 2.33. The number of benzene rings is 1. The van der Waals surface area contributed by atoms with Crippen molar-refractivity contribution >= 4 is 21.7 Å². The molecule has 1 aromatic rings. The number of aryl methyl sites for hydroxylation is 1. The molecule has 0 N–H and O–H groups in total. The van der Waals surface area contributed by atoms with Gasteiger partial charge in [0, 0.05) is 5.56 Å². The Morgan fingerprint density at radius 3 is 2.38 bits per heavy atom. The van der Waals surface area contributed by atoms with E-state index in [1.807, 2.05) is 0 Å². The second kappa shape index (κ2) is 4.45. The fraction of sp³-hybridized carbons (Fsp3) is 0.300. The van der Waals surface area contributed by atoms with Gasteiger partial charge in [0.2, 0.25) is 0 Å². The van der Waals surface area contributed by atoms with E-state index in [-0.39, 0.29) is 21.6 Å². The summed E-state index contributed by atoms with van der Waals surface area (Å²) in [5.74, 6) is -0.709. The van der Waals surface area contributed by atoms with Gasteiger partial charge in [-0.1, -0.05) is 6.07 Å². The van der Waals surface area contributed by atoms with E-state index in [1.165, 1.54) is 26.0 Å². The van der Waals surface area contributed by atoms with Crippen molar-refractivity contribution in [2.75, 3.05) is 0 Å². The molecule has 0 bridgehead atoms. The minimum Gasteiger partial charge on any atom is -0.404 e. The number of carbonyl (C=O) groups excluding carboxylic acids is 1. The quantitative estimate of drug-likeness (QED) is 0.775. The number of Topliss-reactive ketones (excluding diaryl/α,β-unsaturated/α-hetero) is 1. The predicted molar refractivity (Wildman–Crippen MR) is 55.6 cm³/mol. The maximum Gasteiger partial charge on any atom is 0.573 e. The molecule has 88 valence electrons. The number of ether oxygens (including phenoxy) is 1. The Hall–Kier alpha value is -1.04. The summed E-state index contributed by atoms with van der Waals surface area (Å²) >= 11 is 2.94. The van der Waals surface area contributed by atoms with Gasteiger partial charge in [-0.25, -0.2) is 0 Å². The summed E-state index contributed by atoms with van der Waals surface area (Å²) in [6.45, 7) is 2.74. The van der Waals surface area contributed by atoms with Gasteiger partial charge in [0.1, 0.15) is 5.75 Å². The molecule has 0 aliphatic rings. The van der Waals surface area contributed by atoms with Crippen LogP contribution in [-0.2, 0) is 0 Å². The highest BCUT2D eigenvalue weighted by Crippen LogP contribution is 2.36. The lowest BCUT2D eigenvalue weighted by Crippen LogP contribution is -2.18. The molecule has 0 aliphatic carbocycles. The Bertz CT molecular complexity index is 427. The molecule has 0 atom stereocenters. The fourth-order valence-corrected chi connectivity index (χ4v) is 1.97. The van der Waals surface area contributed by atoms with Crippen LogP contribution in [0.3, 0.4) is 0 Å². The van der Waals surface area contributed by atoms with Gasteiger partial charge in [0.05, 0.1) is 4.47 Å². The molecular formula is C10H8BrF3O2. The van der Waals surface area contributed by atoms with Gasteiger partial charge in [0.25, 0.3) is 0 Å². The van der Waals surface area contributed by atoms with Gasteiger partial charge < -0.3 is 4.74 Å². The molecule has 0 heterocycles. The first kappa shape index (κ1) is 13.0. The zero-order chi connectivity index (χ0) is 12.5. The molecular weight excluding hydrogens is 289 g/mol. The molecule has 0 amide bonds. The van der Waals surface area contributed by atoms with Gasteiger partial charge >= 0.3 is 6.36 Å². The van der Waals surface area contributed by atoms with E-state index < -0.39 is 6.36 Å². The molecule has 0 fully saturated rings. The SMILES string of the molecule is CC(=O)c1ccc(C)c(OC(F)(F)F)c1Br. The first-order valence-corrected chi connectivity index (χ1v) is 5.07. The Morgan fingerprint density at radius 1 is 1.38 bits per heavy atom. The topological polar surface area (TPSA) is 26.3 Å². The first-order chi connectivity index (χ1) is 7.22. The van der Waals surface area contributed by atoms with Crippen LogP contribution in [-0.4, -0.2) is 12.1 Å². The van der Waals surface area contributed by atoms with E-state index >= 15 is 0 Å². The van der Waals surface area contributed by atoms with Crippen molar-refractivity contribution in [3.63, 3.8) is 0 Å². The number of rotatable bonds is 2. The lowest BCUT2D eigenvalue weighted by molar-refractivity contribution is -0.275. The van der Waals surface area contributed by atoms with Crippen LogP contribution in [0, 0.1) is 6.92 Å². The Morgan fingerprint density at radius 2 is 1.94 bits per heavy atom. The number of hydrogen-bond acceptors (Lipinski definition) is 2. The van der Waals surface area contributed by atoms with E-state index in [4.69, 9.17) is 0 Å². The molecule has 6 heteroatoms. The zero-order valence-electron chi connectivity index (χ0n) is 8.48. The maximum absolute atomic E-state index is 12.1. The normalized spacial score (nSPS) is 11.4. The molecule has 0 spiro atoms. The molecule has 0 aromatic heterocycles. The van der Waals surface area contributed by atoms with Crippen LogP contribution in [0.1, 0.15) is 22.8 Å². The Kier molecular flexibility index (Phi) is 3.62. The van der Waals surface area contributed by atoms with Crippen molar-refractivity contribution in [1.82, 2.24) is 0 Å². The predicted octanol–water partition coefficient (Wildman–Crippen LogP) is 3.86. The summed E-state index contributed by atoms with van der Waals surface area (Å²) < 4.78 is 40.2. The third-order valence-electron chi connectivity index (χ3n) is 1.89. The number of hydrogen-bond donors (Lipinski definition) is 0. The summed E-state index contributed by atoms with van der Waals surface area (Å²) in [5.41, 5.74) is 0.457. The summed E-state index contributed by atoms with van der Waals surface area (Å²) in [4.78, 5) is 11.1. The van der Waals surface area contributed by atoms with E-state index in [0.717, 1.165) is 0 Å². The second-order valence-electron chi connectivity index (χ2n) is 3.18. The smallest absolute Gasteiger partial charge is 0.404 e. The van der Waals surface area contributed by atoms with Crippen molar-refractivity contribution in [2.45, 2.75) is 20.2 Å². The number of halogens is 4. The minimum atomic E-state index is -4.78. The van der Waals surface area contributed by atoms with Crippen LogP contribution in [0.2, 0.25) is 0 Å². The number of ketones is 1.